The summed E-state index contributed by atoms with van der Waals surface area (Å²) in [5, 5.41) is 0. The fourth-order valence-corrected chi connectivity index (χ4v) is 12.4. The van der Waals surface area contributed by atoms with Crippen molar-refractivity contribution in [3.63, 3.8) is 0 Å². The zero-order valence-corrected chi connectivity index (χ0v) is 36.2. The first kappa shape index (κ1) is 37.9. The van der Waals surface area contributed by atoms with Crippen molar-refractivity contribution in [3.05, 3.63) is 167 Å². The summed E-state index contributed by atoms with van der Waals surface area (Å²) >= 11 is -2.08. The van der Waals surface area contributed by atoms with Gasteiger partial charge in [0.1, 0.15) is 0 Å². The van der Waals surface area contributed by atoms with Crippen LogP contribution in [0.3, 0.4) is 0 Å². The van der Waals surface area contributed by atoms with Crippen LogP contribution >= 0.6 is 0 Å². The Balaban J connectivity index is 0.000000170. The Hall–Kier alpha value is -3.87. The number of nitrogens with zero attached hydrogens (tertiary/aromatic N) is 2. The minimum absolute atomic E-state index is 0.604. The first-order valence-electron chi connectivity index (χ1n) is 18.4. The van der Waals surface area contributed by atoms with Gasteiger partial charge in [-0.25, -0.2) is 0 Å². The number of hydrogen-bond acceptors (Lipinski definition) is 4. The Morgan fingerprint density at radius 2 is 0.923 bits per heavy atom. The van der Waals surface area contributed by atoms with Crippen molar-refractivity contribution in [1.29, 1.82) is 0 Å². The molecule has 4 aliphatic rings. The van der Waals surface area contributed by atoms with Gasteiger partial charge in [-0.15, -0.1) is 0 Å². The molecule has 8 heteroatoms. The number of rotatable bonds is 11. The summed E-state index contributed by atoms with van der Waals surface area (Å²) in [7, 11) is 0. The van der Waals surface area contributed by atoms with Gasteiger partial charge in [-0.1, -0.05) is 85.0 Å². The Morgan fingerprint density at radius 1 is 0.538 bits per heavy atom. The van der Waals surface area contributed by atoms with E-state index in [0.717, 1.165) is 0 Å². The van der Waals surface area contributed by atoms with E-state index in [9.17, 15) is 9.59 Å². The number of benzene rings is 4. The number of likely N-dealkylation sites (tertiary alicyclic amines) is 2. The summed E-state index contributed by atoms with van der Waals surface area (Å²) in [4.78, 5) is 24.2. The molecule has 4 aromatic carbocycles. The third-order valence-electron chi connectivity index (χ3n) is 9.70. The molecule has 0 spiro atoms. The van der Waals surface area contributed by atoms with Crippen LogP contribution in [-0.2, 0) is 32.8 Å². The predicted molar refractivity (Wildman–Crippen MR) is 212 cm³/mol. The molecular formula is C44H47InN4O2Zr. The summed E-state index contributed by atoms with van der Waals surface area (Å²) in [6, 6.07) is 39.1. The topological polar surface area (TPSA) is 64.7 Å². The zero-order valence-electron chi connectivity index (χ0n) is 29.7. The summed E-state index contributed by atoms with van der Waals surface area (Å²) in [6.07, 6.45) is 20.2. The average molecular weight is 870 g/mol. The predicted octanol–water partition coefficient (Wildman–Crippen LogP) is 7.61. The maximum absolute atomic E-state index is 9.47. The monoisotopic (exact) mass is 868 g/mol. The van der Waals surface area contributed by atoms with E-state index in [2.05, 4.69) is 126 Å². The van der Waals surface area contributed by atoms with Crippen LogP contribution in [0.15, 0.2) is 133 Å². The average Bonchev–Trinajstić information content (AvgIpc) is 4.03. The van der Waals surface area contributed by atoms with Gasteiger partial charge in [-0.2, -0.15) is 0 Å². The molecule has 2 atom stereocenters. The summed E-state index contributed by atoms with van der Waals surface area (Å²) in [5.74, 6) is 0. The molecule has 0 radical (unpaired) electrons. The van der Waals surface area contributed by atoms with Crippen molar-refractivity contribution in [1.82, 2.24) is 16.4 Å². The molecule has 2 unspecified atom stereocenters. The second-order valence-corrected chi connectivity index (χ2v) is 20.4. The van der Waals surface area contributed by atoms with Gasteiger partial charge in [0.2, 0.25) is 0 Å². The van der Waals surface area contributed by atoms with Crippen LogP contribution in [0, 0.1) is 0 Å². The molecule has 52 heavy (non-hydrogen) atoms. The van der Waals surface area contributed by atoms with E-state index in [-0.39, 0.29) is 0 Å². The van der Waals surface area contributed by atoms with Crippen molar-refractivity contribution in [2.75, 3.05) is 26.2 Å². The van der Waals surface area contributed by atoms with Crippen molar-refractivity contribution in [2.24, 2.45) is 0 Å². The molecule has 6 nitrogen and oxygen atoms in total. The minimum atomic E-state index is -1.35. The standard InChI is InChI=1S/C16H14.2C13H14N.2CH3NO.In.Zr.H/c1-3-9-15(10-4-1)13-7-8-14-16-11-5-2-6-12-16;2*1-2-6-12-11(5-1)7-8-13(12)14-9-3-4-10-14;2*2-1-3;;;/h1-14H;2*1-2,5-8H,3-4,9-10H2;2*1H,(H2,2,3);;;/q;;;;;+2;;/p-2. The van der Waals surface area contributed by atoms with Crippen molar-refractivity contribution < 1.29 is 32.8 Å². The molecule has 2 aliphatic heterocycles. The third kappa shape index (κ3) is 10.4. The van der Waals surface area contributed by atoms with Crippen LogP contribution in [0.25, 0.3) is 23.5 Å². The molecule has 8 rings (SSSR count). The van der Waals surface area contributed by atoms with Crippen LogP contribution in [0.4, 0.5) is 0 Å². The van der Waals surface area contributed by atoms with E-state index < -0.39 is 46.7 Å². The number of carbonyl (C=O) groups excluding carboxylic acids is 2. The van der Waals surface area contributed by atoms with Crippen molar-refractivity contribution in [3.8, 4) is 0 Å². The second-order valence-electron chi connectivity index (χ2n) is 13.1. The van der Waals surface area contributed by atoms with E-state index in [4.69, 9.17) is 0 Å². The number of nitrogens with one attached hydrogen (secondary N) is 2. The molecule has 262 valence electrons. The number of fused-ring (bicyclic) bond motifs is 2. The number of hydrogen-bond donors (Lipinski definition) is 2. The van der Waals surface area contributed by atoms with Gasteiger partial charge in [-0.3, -0.25) is 0 Å². The molecular weight excluding hydrogens is 823 g/mol. The van der Waals surface area contributed by atoms with E-state index in [1.165, 1.54) is 74.1 Å². The van der Waals surface area contributed by atoms with Crippen LogP contribution in [-0.4, -0.2) is 72.3 Å². The molecule has 4 aromatic rings. The van der Waals surface area contributed by atoms with Gasteiger partial charge in [-0.05, 0) is 11.1 Å². The summed E-state index contributed by atoms with van der Waals surface area (Å²) in [6.45, 7) is 4.96. The van der Waals surface area contributed by atoms with E-state index in [1.54, 1.807) is 22.5 Å². The van der Waals surface area contributed by atoms with E-state index >= 15 is 0 Å². The van der Waals surface area contributed by atoms with Gasteiger partial charge in [0.05, 0.1) is 0 Å². The molecule has 2 saturated heterocycles. The first-order chi connectivity index (χ1) is 25.7. The SMILES string of the molecule is C(C=Cc1ccccc1)=Cc1ccccc1.C1=C(N2CCCC2)c2ccccc2[CH]1[Zr][CH]1C=C(N2CCCC2)c2ccccc21.O=C[NH][InH][NH]C=O. The number of carbonyl (C=O) groups is 2. The van der Waals surface area contributed by atoms with Crippen LogP contribution < -0.4 is 6.61 Å². The maximum atomic E-state index is 9.47. The van der Waals surface area contributed by atoms with Crippen LogP contribution in [0.2, 0.25) is 0 Å². The fraction of sp³-hybridized carbons (Fsp3) is 0.227. The molecule has 0 aromatic heterocycles. The summed E-state index contributed by atoms with van der Waals surface area (Å²) in [5.41, 5.74) is 11.8. The zero-order chi connectivity index (χ0) is 35.8. The molecule has 0 bridgehead atoms. The molecule has 0 saturated carbocycles. The Bertz CT molecular complexity index is 1730. The molecule has 2 N–H and O–H groups in total. The normalized spacial score (nSPS) is 18.3. The van der Waals surface area contributed by atoms with E-state index in [0.29, 0.717) is 20.1 Å². The van der Waals surface area contributed by atoms with Gasteiger partial charge in [0.15, 0.2) is 0 Å². The quantitative estimate of drug-likeness (QED) is 0.0927. The van der Waals surface area contributed by atoms with Gasteiger partial charge in [0, 0.05) is 0 Å². The van der Waals surface area contributed by atoms with Crippen LogP contribution in [0.1, 0.15) is 66.3 Å². The second kappa shape index (κ2) is 20.4. The Kier molecular flexibility index (Phi) is 14.9. The number of amides is 2. The van der Waals surface area contributed by atoms with E-state index in [1.807, 2.05) is 36.4 Å². The van der Waals surface area contributed by atoms with Gasteiger partial charge in [0.25, 0.3) is 0 Å². The summed E-state index contributed by atoms with van der Waals surface area (Å²) < 4.78 is 6.26. The Labute approximate surface area is 332 Å². The molecule has 2 heterocycles. The number of allylic oxidation sites excluding steroid dienone is 4. The van der Waals surface area contributed by atoms with Gasteiger partial charge < -0.3 is 0 Å². The third-order valence-corrected chi connectivity index (χ3v) is 15.9. The first-order valence-corrected chi connectivity index (χ1v) is 25.3. The Morgan fingerprint density at radius 3 is 1.33 bits per heavy atom. The molecule has 2 aliphatic carbocycles. The van der Waals surface area contributed by atoms with Gasteiger partial charge >= 0.3 is 239 Å². The van der Waals surface area contributed by atoms with Crippen molar-refractivity contribution >= 4 is 59.8 Å². The van der Waals surface area contributed by atoms with Crippen molar-refractivity contribution in [2.45, 2.75) is 32.9 Å². The fourth-order valence-electron chi connectivity index (χ4n) is 7.22. The molecule has 2 fully saturated rings. The van der Waals surface area contributed by atoms with Crippen LogP contribution in [0.5, 0.6) is 0 Å². The molecule has 2 amide bonds.